The van der Waals surface area contributed by atoms with Gasteiger partial charge in [-0.1, -0.05) is 92.7 Å². The van der Waals surface area contributed by atoms with E-state index in [0.717, 1.165) is 42.0 Å². The van der Waals surface area contributed by atoms with E-state index in [2.05, 4.69) is 86.7 Å². The number of anilines is 1. The van der Waals surface area contributed by atoms with Crippen LogP contribution in [-0.2, 0) is 22.0 Å². The highest BCUT2D eigenvalue weighted by Crippen LogP contribution is 2.35. The normalized spacial score (nSPS) is 12.1. The lowest BCUT2D eigenvalue weighted by Crippen LogP contribution is -2.20. The first-order valence-corrected chi connectivity index (χ1v) is 14.4. The number of hydrogen-bond donors (Lipinski definition) is 1. The summed E-state index contributed by atoms with van der Waals surface area (Å²) in [6.45, 7) is 23.0. The van der Waals surface area contributed by atoms with Gasteiger partial charge in [-0.25, -0.2) is 0 Å². The van der Waals surface area contributed by atoms with Crippen LogP contribution in [0.1, 0.15) is 127 Å². The minimum absolute atomic E-state index is 0.0507. The number of amides is 1. The summed E-state index contributed by atoms with van der Waals surface area (Å²) in [5, 5.41) is 3.12. The van der Waals surface area contributed by atoms with Crippen molar-refractivity contribution in [2.45, 2.75) is 131 Å². The maximum absolute atomic E-state index is 12.9. The fraction of sp³-hybridized carbons (Fsp3) is 0.618. The van der Waals surface area contributed by atoms with Gasteiger partial charge in [0.15, 0.2) is 0 Å². The highest BCUT2D eigenvalue weighted by atomic mass is 16.5. The molecule has 0 aromatic heterocycles. The molecular weight excluding hydrogens is 454 g/mol. The molecule has 0 heterocycles. The van der Waals surface area contributed by atoms with Crippen LogP contribution in [0.5, 0.6) is 5.75 Å². The Morgan fingerprint density at radius 1 is 0.784 bits per heavy atom. The molecule has 0 aliphatic rings. The maximum Gasteiger partial charge on any atom is 0.224 e. The molecule has 0 aliphatic heterocycles. The van der Waals surface area contributed by atoms with Crippen LogP contribution < -0.4 is 10.1 Å². The number of carbonyl (C=O) groups is 1. The first-order valence-electron chi connectivity index (χ1n) is 14.4. The Hall–Kier alpha value is -2.29. The van der Waals surface area contributed by atoms with E-state index in [4.69, 9.17) is 4.74 Å². The molecule has 2 aromatic carbocycles. The van der Waals surface area contributed by atoms with Crippen LogP contribution in [0.25, 0.3) is 0 Å². The van der Waals surface area contributed by atoms with E-state index in [1.807, 2.05) is 12.1 Å². The third kappa shape index (κ3) is 9.51. The Kier molecular flexibility index (Phi) is 11.3. The Labute approximate surface area is 227 Å². The van der Waals surface area contributed by atoms with Crippen molar-refractivity contribution in [3.63, 3.8) is 0 Å². The lowest BCUT2D eigenvalue weighted by Gasteiger charge is -2.30. The van der Waals surface area contributed by atoms with Crippen molar-refractivity contribution in [2.24, 2.45) is 0 Å². The molecular formula is C34H53NO2. The number of ether oxygens (including phenoxy) is 1. The van der Waals surface area contributed by atoms with Crippen LogP contribution in [0.2, 0.25) is 0 Å². The van der Waals surface area contributed by atoms with E-state index in [0.29, 0.717) is 6.42 Å². The molecule has 0 saturated heterocycles. The van der Waals surface area contributed by atoms with Crippen LogP contribution in [0.15, 0.2) is 24.3 Å². The second-order valence-corrected chi connectivity index (χ2v) is 12.9. The molecule has 2 rings (SSSR count). The molecule has 37 heavy (non-hydrogen) atoms. The molecule has 3 heteroatoms. The summed E-state index contributed by atoms with van der Waals surface area (Å²) in [5.41, 5.74) is 8.48. The van der Waals surface area contributed by atoms with Crippen molar-refractivity contribution in [3.8, 4) is 5.75 Å². The topological polar surface area (TPSA) is 38.3 Å². The van der Waals surface area contributed by atoms with Crippen LogP contribution >= 0.6 is 0 Å². The van der Waals surface area contributed by atoms with Gasteiger partial charge >= 0.3 is 0 Å². The number of nitrogens with one attached hydrogen (secondary N) is 1. The number of carbonyl (C=O) groups excluding carboxylic acids is 1. The lowest BCUT2D eigenvalue weighted by molar-refractivity contribution is -0.116. The first kappa shape index (κ1) is 30.9. The fourth-order valence-corrected chi connectivity index (χ4v) is 5.26. The number of aryl methyl sites for hydroxylation is 3. The third-order valence-corrected chi connectivity index (χ3v) is 7.21. The van der Waals surface area contributed by atoms with Crippen LogP contribution in [0.4, 0.5) is 5.69 Å². The Morgan fingerprint density at radius 3 is 1.81 bits per heavy atom. The molecule has 0 atom stereocenters. The van der Waals surface area contributed by atoms with Crippen LogP contribution in [0.3, 0.4) is 0 Å². The van der Waals surface area contributed by atoms with Gasteiger partial charge in [-0.15, -0.1) is 0 Å². The van der Waals surface area contributed by atoms with E-state index in [1.165, 1.54) is 54.4 Å². The van der Waals surface area contributed by atoms with Crippen molar-refractivity contribution in [2.75, 3.05) is 11.9 Å². The van der Waals surface area contributed by atoms with Gasteiger partial charge in [0.1, 0.15) is 5.75 Å². The monoisotopic (exact) mass is 507 g/mol. The van der Waals surface area contributed by atoms with Gasteiger partial charge in [0.05, 0.1) is 6.61 Å². The number of benzene rings is 2. The van der Waals surface area contributed by atoms with Crippen molar-refractivity contribution in [3.05, 3.63) is 57.6 Å². The maximum atomic E-state index is 12.9. The van der Waals surface area contributed by atoms with Gasteiger partial charge < -0.3 is 10.1 Å². The average molecular weight is 508 g/mol. The Morgan fingerprint density at radius 2 is 1.30 bits per heavy atom. The highest BCUT2D eigenvalue weighted by Gasteiger charge is 2.24. The van der Waals surface area contributed by atoms with E-state index in [-0.39, 0.29) is 16.7 Å². The highest BCUT2D eigenvalue weighted by molar-refractivity contribution is 5.91. The molecule has 0 spiro atoms. The molecule has 0 radical (unpaired) electrons. The third-order valence-electron chi connectivity index (χ3n) is 7.21. The number of unbranched alkanes of at least 4 members (excludes halogenated alkanes) is 5. The zero-order chi connectivity index (χ0) is 27.8. The molecule has 0 fully saturated rings. The number of hydrogen-bond acceptors (Lipinski definition) is 2. The van der Waals surface area contributed by atoms with Gasteiger partial charge in [0, 0.05) is 12.1 Å². The standard InChI is InChI=1S/C34H53NO2/c1-11-12-13-14-15-16-19-37-32-24(2)20-28(21-25(32)3)35-31(36)18-17-27-22-29(33(5,6)7)26(4)30(23-27)34(8,9)10/h20-23H,11-19H2,1-10H3,(H,35,36). The quantitative estimate of drug-likeness (QED) is 0.290. The summed E-state index contributed by atoms with van der Waals surface area (Å²) in [7, 11) is 0. The van der Waals surface area contributed by atoms with E-state index in [1.54, 1.807) is 0 Å². The van der Waals surface area contributed by atoms with E-state index in [9.17, 15) is 4.79 Å². The van der Waals surface area contributed by atoms with Crippen molar-refractivity contribution in [1.29, 1.82) is 0 Å². The van der Waals surface area contributed by atoms with Crippen molar-refractivity contribution in [1.82, 2.24) is 0 Å². The zero-order valence-corrected chi connectivity index (χ0v) is 25.5. The van der Waals surface area contributed by atoms with E-state index < -0.39 is 0 Å². The van der Waals surface area contributed by atoms with E-state index >= 15 is 0 Å². The van der Waals surface area contributed by atoms with Gasteiger partial charge in [0.25, 0.3) is 0 Å². The Bertz CT molecular complexity index is 979. The lowest BCUT2D eigenvalue weighted by atomic mass is 9.75. The minimum atomic E-state index is 0.0507. The summed E-state index contributed by atoms with van der Waals surface area (Å²) in [6.07, 6.45) is 8.73. The second kappa shape index (κ2) is 13.5. The molecule has 1 N–H and O–H groups in total. The zero-order valence-electron chi connectivity index (χ0n) is 25.5. The van der Waals surface area contributed by atoms with Crippen molar-refractivity contribution < 1.29 is 9.53 Å². The smallest absolute Gasteiger partial charge is 0.224 e. The predicted octanol–water partition coefficient (Wildman–Crippen LogP) is 9.52. The predicted molar refractivity (Wildman–Crippen MR) is 160 cm³/mol. The molecule has 0 unspecified atom stereocenters. The summed E-state index contributed by atoms with van der Waals surface area (Å²) < 4.78 is 6.11. The average Bonchev–Trinajstić information content (AvgIpc) is 2.77. The molecule has 0 saturated carbocycles. The molecule has 2 aromatic rings. The van der Waals surface area contributed by atoms with Crippen molar-refractivity contribution >= 4 is 11.6 Å². The van der Waals surface area contributed by atoms with Gasteiger partial charge in [-0.2, -0.15) is 0 Å². The SMILES string of the molecule is CCCCCCCCOc1c(C)cc(NC(=O)CCc2cc(C(C)(C)C)c(C)c(C(C)(C)C)c2)cc1C. The first-order chi connectivity index (χ1) is 17.2. The molecule has 0 bridgehead atoms. The summed E-state index contributed by atoms with van der Waals surface area (Å²) >= 11 is 0. The Balaban J connectivity index is 2.01. The fourth-order valence-electron chi connectivity index (χ4n) is 5.26. The van der Waals surface area contributed by atoms with Crippen LogP contribution in [-0.4, -0.2) is 12.5 Å². The summed E-state index contributed by atoms with van der Waals surface area (Å²) in [6, 6.07) is 8.68. The summed E-state index contributed by atoms with van der Waals surface area (Å²) in [4.78, 5) is 12.9. The molecule has 206 valence electrons. The number of rotatable bonds is 12. The largest absolute Gasteiger partial charge is 0.493 e. The van der Waals surface area contributed by atoms with Gasteiger partial charge in [0.2, 0.25) is 5.91 Å². The summed E-state index contributed by atoms with van der Waals surface area (Å²) in [5.74, 6) is 1.00. The van der Waals surface area contributed by atoms with Gasteiger partial charge in [-0.05, 0) is 90.0 Å². The molecule has 3 nitrogen and oxygen atoms in total. The second-order valence-electron chi connectivity index (χ2n) is 12.9. The minimum Gasteiger partial charge on any atom is -0.493 e. The molecule has 0 aliphatic carbocycles. The molecule has 1 amide bonds. The van der Waals surface area contributed by atoms with Crippen LogP contribution in [0, 0.1) is 20.8 Å². The van der Waals surface area contributed by atoms with Gasteiger partial charge in [-0.3, -0.25) is 4.79 Å².